The van der Waals surface area contributed by atoms with Gasteiger partial charge < -0.3 is 5.73 Å². The minimum Gasteiger partial charge on any atom is -0.398 e. The summed E-state index contributed by atoms with van der Waals surface area (Å²) >= 11 is 0.843. The van der Waals surface area contributed by atoms with E-state index in [0.717, 1.165) is 23.9 Å². The Morgan fingerprint density at radius 2 is 2.00 bits per heavy atom. The quantitative estimate of drug-likeness (QED) is 0.530. The summed E-state index contributed by atoms with van der Waals surface area (Å²) in [4.78, 5) is 14.4. The number of nitro groups is 1. The number of rotatable bonds is 3. The van der Waals surface area contributed by atoms with Crippen molar-refractivity contribution in [2.45, 2.75) is 16.1 Å². The third-order valence-corrected chi connectivity index (χ3v) is 3.59. The Balaban J connectivity index is 2.35. The van der Waals surface area contributed by atoms with Gasteiger partial charge in [0.1, 0.15) is 0 Å². The first-order valence-electron chi connectivity index (χ1n) is 5.53. The number of anilines is 1. The van der Waals surface area contributed by atoms with Crippen molar-refractivity contribution >= 4 is 23.1 Å². The molecule has 0 aliphatic carbocycles. The number of nitrogens with zero attached hydrogens (tertiary/aromatic N) is 2. The average Bonchev–Trinajstić information content (AvgIpc) is 2.40. The molecule has 0 bridgehead atoms. The van der Waals surface area contributed by atoms with Crippen molar-refractivity contribution < 1.29 is 18.1 Å². The van der Waals surface area contributed by atoms with E-state index in [1.807, 2.05) is 0 Å². The van der Waals surface area contributed by atoms with Gasteiger partial charge in [0.25, 0.3) is 0 Å². The maximum atomic E-state index is 12.5. The largest absolute Gasteiger partial charge is 0.416 e. The highest BCUT2D eigenvalue weighted by Gasteiger charge is 2.31. The number of alkyl halides is 3. The van der Waals surface area contributed by atoms with E-state index in [9.17, 15) is 23.3 Å². The van der Waals surface area contributed by atoms with Gasteiger partial charge in [-0.1, -0.05) is 11.8 Å². The zero-order chi connectivity index (χ0) is 15.6. The third-order valence-electron chi connectivity index (χ3n) is 2.49. The van der Waals surface area contributed by atoms with Crippen molar-refractivity contribution in [2.24, 2.45) is 0 Å². The summed E-state index contributed by atoms with van der Waals surface area (Å²) in [5.41, 5.74) is 4.35. The lowest BCUT2D eigenvalue weighted by Crippen LogP contribution is -2.05. The summed E-state index contributed by atoms with van der Waals surface area (Å²) in [6.45, 7) is 0. The van der Waals surface area contributed by atoms with Crippen LogP contribution in [-0.2, 0) is 6.18 Å². The summed E-state index contributed by atoms with van der Waals surface area (Å²) in [5, 5.41) is 10.9. The van der Waals surface area contributed by atoms with Crippen LogP contribution in [0.15, 0.2) is 46.5 Å². The lowest BCUT2D eigenvalue weighted by Gasteiger charge is -2.10. The maximum Gasteiger partial charge on any atom is 0.416 e. The van der Waals surface area contributed by atoms with Gasteiger partial charge in [0.15, 0.2) is 5.03 Å². The van der Waals surface area contributed by atoms with Crippen LogP contribution >= 0.6 is 11.8 Å². The molecule has 0 saturated heterocycles. The topological polar surface area (TPSA) is 82.0 Å². The minimum atomic E-state index is -4.49. The molecule has 2 rings (SSSR count). The number of halogens is 3. The second kappa shape index (κ2) is 5.60. The molecule has 0 amide bonds. The fourth-order valence-corrected chi connectivity index (χ4v) is 2.40. The van der Waals surface area contributed by atoms with Crippen LogP contribution in [-0.4, -0.2) is 9.91 Å². The van der Waals surface area contributed by atoms with Crippen molar-refractivity contribution in [3.8, 4) is 0 Å². The van der Waals surface area contributed by atoms with E-state index in [0.29, 0.717) is 0 Å². The third kappa shape index (κ3) is 3.43. The lowest BCUT2D eigenvalue weighted by atomic mass is 10.2. The second-order valence-electron chi connectivity index (χ2n) is 3.94. The number of hydrogen-bond donors (Lipinski definition) is 1. The van der Waals surface area contributed by atoms with Gasteiger partial charge in [0.05, 0.1) is 10.5 Å². The van der Waals surface area contributed by atoms with Gasteiger partial charge in [0.2, 0.25) is 0 Å². The van der Waals surface area contributed by atoms with Crippen molar-refractivity contribution in [1.82, 2.24) is 4.98 Å². The molecule has 0 spiro atoms. The van der Waals surface area contributed by atoms with Gasteiger partial charge in [-0.3, -0.25) is 10.1 Å². The van der Waals surface area contributed by atoms with Crippen LogP contribution < -0.4 is 5.73 Å². The van der Waals surface area contributed by atoms with Gasteiger partial charge in [-0.15, -0.1) is 0 Å². The Morgan fingerprint density at radius 3 is 2.57 bits per heavy atom. The molecule has 110 valence electrons. The van der Waals surface area contributed by atoms with Crippen molar-refractivity contribution in [2.75, 3.05) is 5.73 Å². The Bertz CT molecular complexity index is 692. The summed E-state index contributed by atoms with van der Waals surface area (Å²) in [6, 6.07) is 5.49. The van der Waals surface area contributed by atoms with E-state index in [1.165, 1.54) is 24.4 Å². The fraction of sp³-hybridized carbons (Fsp3) is 0.0833. The van der Waals surface area contributed by atoms with Gasteiger partial charge in [0, 0.05) is 22.8 Å². The molecule has 21 heavy (non-hydrogen) atoms. The molecule has 0 aliphatic heterocycles. The predicted octanol–water partition coefficient (Wildman–Crippen LogP) is 3.74. The minimum absolute atomic E-state index is 0.0639. The summed E-state index contributed by atoms with van der Waals surface area (Å²) < 4.78 is 37.6. The van der Waals surface area contributed by atoms with Crippen LogP contribution in [0.5, 0.6) is 0 Å². The fourth-order valence-electron chi connectivity index (χ4n) is 1.52. The molecule has 0 fully saturated rings. The van der Waals surface area contributed by atoms with Crippen LogP contribution in [0.2, 0.25) is 0 Å². The van der Waals surface area contributed by atoms with E-state index >= 15 is 0 Å². The Morgan fingerprint density at radius 1 is 1.29 bits per heavy atom. The molecule has 0 aliphatic rings. The molecule has 2 aromatic rings. The van der Waals surface area contributed by atoms with Crippen LogP contribution in [0.3, 0.4) is 0 Å². The summed E-state index contributed by atoms with van der Waals surface area (Å²) in [6.07, 6.45) is -3.14. The monoisotopic (exact) mass is 315 g/mol. The van der Waals surface area contributed by atoms with E-state index in [2.05, 4.69) is 4.98 Å². The second-order valence-corrected chi connectivity index (χ2v) is 4.97. The number of nitrogens with two attached hydrogens (primary N) is 1. The first kappa shape index (κ1) is 15.1. The van der Waals surface area contributed by atoms with Crippen LogP contribution in [0.25, 0.3) is 0 Å². The molecule has 1 aromatic heterocycles. The molecule has 9 heteroatoms. The van der Waals surface area contributed by atoms with E-state index in [4.69, 9.17) is 5.73 Å². The SMILES string of the molecule is Nc1cc(C(F)(F)F)ccc1Sc1ncccc1[N+](=O)[O-]. The Labute approximate surface area is 121 Å². The molecule has 2 N–H and O–H groups in total. The molecule has 1 heterocycles. The molecular formula is C12H8F3N3O2S. The highest BCUT2D eigenvalue weighted by atomic mass is 32.2. The smallest absolute Gasteiger partial charge is 0.398 e. The number of pyridine rings is 1. The number of benzene rings is 1. The normalized spacial score (nSPS) is 11.4. The van der Waals surface area contributed by atoms with Crippen molar-refractivity contribution in [3.05, 3.63) is 52.2 Å². The maximum absolute atomic E-state index is 12.5. The molecule has 1 aromatic carbocycles. The number of nitrogen functional groups attached to an aromatic ring is 1. The van der Waals surface area contributed by atoms with E-state index < -0.39 is 16.7 Å². The van der Waals surface area contributed by atoms with Gasteiger partial charge >= 0.3 is 11.9 Å². The first-order valence-corrected chi connectivity index (χ1v) is 6.34. The van der Waals surface area contributed by atoms with Gasteiger partial charge in [-0.25, -0.2) is 4.98 Å². The molecule has 0 saturated carbocycles. The molecular weight excluding hydrogens is 307 g/mol. The van der Waals surface area contributed by atoms with E-state index in [-0.39, 0.29) is 21.3 Å². The van der Waals surface area contributed by atoms with Crippen molar-refractivity contribution in [3.63, 3.8) is 0 Å². The first-order chi connectivity index (χ1) is 9.79. The van der Waals surface area contributed by atoms with Crippen LogP contribution in [0, 0.1) is 10.1 Å². The van der Waals surface area contributed by atoms with Gasteiger partial charge in [-0.2, -0.15) is 13.2 Å². The van der Waals surface area contributed by atoms with Crippen LogP contribution in [0.4, 0.5) is 24.5 Å². The number of hydrogen-bond acceptors (Lipinski definition) is 5. The number of aromatic nitrogens is 1. The molecule has 0 radical (unpaired) electrons. The van der Waals surface area contributed by atoms with E-state index in [1.54, 1.807) is 0 Å². The van der Waals surface area contributed by atoms with Crippen molar-refractivity contribution in [1.29, 1.82) is 0 Å². The highest BCUT2D eigenvalue weighted by molar-refractivity contribution is 7.99. The standard InChI is InChI=1S/C12H8F3N3O2S/c13-12(14,15)7-3-4-10(8(16)6-7)21-11-9(18(19)20)2-1-5-17-11/h1-6H,16H2. The Kier molecular flexibility index (Phi) is 4.03. The zero-order valence-electron chi connectivity index (χ0n) is 10.3. The Hall–Kier alpha value is -2.29. The van der Waals surface area contributed by atoms with Crippen LogP contribution in [0.1, 0.15) is 5.56 Å². The summed E-state index contributed by atoms with van der Waals surface area (Å²) in [5.74, 6) is 0. The zero-order valence-corrected chi connectivity index (χ0v) is 11.1. The molecule has 0 atom stereocenters. The molecule has 0 unspecified atom stereocenters. The lowest BCUT2D eigenvalue weighted by molar-refractivity contribution is -0.388. The summed E-state index contributed by atoms with van der Waals surface area (Å²) in [7, 11) is 0. The highest BCUT2D eigenvalue weighted by Crippen LogP contribution is 2.38. The average molecular weight is 315 g/mol. The van der Waals surface area contributed by atoms with Gasteiger partial charge in [-0.05, 0) is 24.3 Å². The molecule has 5 nitrogen and oxygen atoms in total. The predicted molar refractivity (Wildman–Crippen MR) is 70.9 cm³/mol.